The summed E-state index contributed by atoms with van der Waals surface area (Å²) < 4.78 is 57.8. The Bertz CT molecular complexity index is 1000. The number of unbranched alkanes of at least 4 members (excludes halogenated alkanes) is 2. The molecular weight excluding hydrogens is 552 g/mol. The van der Waals surface area contributed by atoms with E-state index in [-0.39, 0.29) is 5.92 Å². The summed E-state index contributed by atoms with van der Waals surface area (Å²) in [6.07, 6.45) is 12.7. The van der Waals surface area contributed by atoms with E-state index >= 15 is 0 Å². The molecule has 12 heteroatoms. The molecule has 2 aliphatic rings. The molecule has 1 aromatic carbocycles. The zero-order valence-corrected chi connectivity index (χ0v) is 24.5. The minimum atomic E-state index is -5.58. The van der Waals surface area contributed by atoms with E-state index in [1.807, 2.05) is 0 Å². The van der Waals surface area contributed by atoms with Gasteiger partial charge in [0.1, 0.15) is 0 Å². The van der Waals surface area contributed by atoms with Crippen LogP contribution >= 0.6 is 15.2 Å². The van der Waals surface area contributed by atoms with Crippen LogP contribution < -0.4 is 4.74 Å². The lowest BCUT2D eigenvalue weighted by Gasteiger charge is -2.38. The predicted octanol–water partition coefficient (Wildman–Crippen LogP) is 6.79. The Labute approximate surface area is 229 Å². The standard InChI is InChI=1S/C27H44F2O8P2/c1-2-3-4-6-19-7-9-20(10-8-19)21-11-13-22(14-12-21)23-15-16-24(26(29)25(23)28)37-18-5-17-27(30,38(31,32)33)39(34,35)36/h15-16,19-22,30H,2-14,17-18H2,1H3,(H2,31,32,33)(H2,34,35,36). The van der Waals surface area contributed by atoms with Gasteiger partial charge in [-0.15, -0.1) is 0 Å². The molecule has 0 atom stereocenters. The van der Waals surface area contributed by atoms with Crippen LogP contribution in [0, 0.1) is 29.4 Å². The number of benzene rings is 1. The summed E-state index contributed by atoms with van der Waals surface area (Å²) in [6, 6.07) is 2.81. The molecule has 2 saturated carbocycles. The average Bonchev–Trinajstić information content (AvgIpc) is 2.88. The van der Waals surface area contributed by atoms with Crippen LogP contribution in [-0.4, -0.2) is 36.4 Å². The highest BCUT2D eigenvalue weighted by Gasteiger charge is 2.58. The molecule has 1 aromatic rings. The zero-order chi connectivity index (χ0) is 28.8. The minimum absolute atomic E-state index is 0.0725. The maximum atomic E-state index is 15.0. The highest BCUT2D eigenvalue weighted by molar-refractivity contribution is 7.72. The van der Waals surface area contributed by atoms with E-state index in [1.54, 1.807) is 0 Å². The molecule has 0 spiro atoms. The maximum Gasteiger partial charge on any atom is 0.369 e. The van der Waals surface area contributed by atoms with Crippen LogP contribution in [0.5, 0.6) is 5.75 Å². The van der Waals surface area contributed by atoms with Crippen molar-refractivity contribution in [1.29, 1.82) is 0 Å². The van der Waals surface area contributed by atoms with Gasteiger partial charge >= 0.3 is 15.2 Å². The van der Waals surface area contributed by atoms with Crippen molar-refractivity contribution in [3.8, 4) is 5.75 Å². The summed E-state index contributed by atoms with van der Waals surface area (Å²) in [5, 5.41) is 6.33. The fourth-order valence-corrected chi connectivity index (χ4v) is 8.72. The van der Waals surface area contributed by atoms with Gasteiger partial charge in [-0.3, -0.25) is 9.13 Å². The van der Waals surface area contributed by atoms with Crippen LogP contribution in [0.3, 0.4) is 0 Å². The number of hydrogen-bond acceptors (Lipinski definition) is 4. The number of rotatable bonds is 13. The molecule has 0 unspecified atom stereocenters. The molecule has 5 N–H and O–H groups in total. The first-order valence-corrected chi connectivity index (χ1v) is 17.4. The van der Waals surface area contributed by atoms with Crippen molar-refractivity contribution in [3.05, 3.63) is 29.3 Å². The predicted molar refractivity (Wildman–Crippen MR) is 144 cm³/mol. The molecule has 39 heavy (non-hydrogen) atoms. The zero-order valence-electron chi connectivity index (χ0n) is 22.7. The minimum Gasteiger partial charge on any atom is -0.490 e. The van der Waals surface area contributed by atoms with Crippen LogP contribution in [0.1, 0.15) is 108 Å². The molecule has 224 valence electrons. The summed E-state index contributed by atoms with van der Waals surface area (Å²) in [5.41, 5.74) is 0.315. The van der Waals surface area contributed by atoms with Crippen LogP contribution in [0.4, 0.5) is 8.78 Å². The Kier molecular flexibility index (Phi) is 11.6. The maximum absolute atomic E-state index is 15.0. The second-order valence-corrected chi connectivity index (χ2v) is 15.5. The number of ether oxygens (including phenoxy) is 1. The second kappa shape index (κ2) is 13.9. The summed E-state index contributed by atoms with van der Waals surface area (Å²) in [7, 11) is -11.2. The van der Waals surface area contributed by atoms with E-state index in [0.29, 0.717) is 11.5 Å². The van der Waals surface area contributed by atoms with Crippen molar-refractivity contribution >= 4 is 15.2 Å². The van der Waals surface area contributed by atoms with Crippen LogP contribution in [-0.2, 0) is 9.13 Å². The molecular formula is C27H44F2O8P2. The Morgan fingerprint density at radius 1 is 0.846 bits per heavy atom. The van der Waals surface area contributed by atoms with Crippen LogP contribution in [0.2, 0.25) is 0 Å². The quantitative estimate of drug-likeness (QED) is 0.124. The molecule has 0 bridgehead atoms. The van der Waals surface area contributed by atoms with Crippen molar-refractivity contribution < 1.29 is 47.3 Å². The Morgan fingerprint density at radius 3 is 1.95 bits per heavy atom. The first kappa shape index (κ1) is 32.7. The summed E-state index contributed by atoms with van der Waals surface area (Å²) in [4.78, 5) is 36.7. The van der Waals surface area contributed by atoms with E-state index in [0.717, 1.165) is 37.5 Å². The highest BCUT2D eigenvalue weighted by Crippen LogP contribution is 2.69. The van der Waals surface area contributed by atoms with Crippen molar-refractivity contribution in [2.75, 3.05) is 6.61 Å². The summed E-state index contributed by atoms with van der Waals surface area (Å²) in [5.74, 6) is -0.381. The van der Waals surface area contributed by atoms with Crippen LogP contribution in [0.15, 0.2) is 12.1 Å². The molecule has 0 aromatic heterocycles. The van der Waals surface area contributed by atoms with Crippen molar-refractivity contribution in [1.82, 2.24) is 0 Å². The van der Waals surface area contributed by atoms with Gasteiger partial charge in [-0.1, -0.05) is 51.5 Å². The summed E-state index contributed by atoms with van der Waals surface area (Å²) in [6.45, 7) is 1.79. The number of hydrogen-bond donors (Lipinski definition) is 5. The monoisotopic (exact) mass is 596 g/mol. The third-order valence-electron chi connectivity index (χ3n) is 8.91. The Balaban J connectivity index is 1.49. The number of halogens is 2. The van der Waals surface area contributed by atoms with Gasteiger partial charge in [-0.2, -0.15) is 4.39 Å². The molecule has 0 radical (unpaired) electrons. The van der Waals surface area contributed by atoms with Gasteiger partial charge in [0.25, 0.3) is 5.08 Å². The summed E-state index contributed by atoms with van der Waals surface area (Å²) >= 11 is 0. The van der Waals surface area contributed by atoms with Gasteiger partial charge in [-0.05, 0) is 80.2 Å². The second-order valence-electron chi connectivity index (χ2n) is 11.5. The molecule has 0 aliphatic heterocycles. The van der Waals surface area contributed by atoms with Gasteiger partial charge < -0.3 is 29.4 Å². The van der Waals surface area contributed by atoms with E-state index in [1.165, 1.54) is 63.5 Å². The van der Waals surface area contributed by atoms with Gasteiger partial charge in [0.15, 0.2) is 11.6 Å². The topological polar surface area (TPSA) is 145 Å². The van der Waals surface area contributed by atoms with Gasteiger partial charge in [0.05, 0.1) is 6.61 Å². The van der Waals surface area contributed by atoms with Crippen molar-refractivity contribution in [3.63, 3.8) is 0 Å². The first-order chi connectivity index (χ1) is 18.3. The fraction of sp³-hybridized carbons (Fsp3) is 0.778. The Morgan fingerprint density at radius 2 is 1.41 bits per heavy atom. The van der Waals surface area contributed by atoms with Crippen molar-refractivity contribution in [2.24, 2.45) is 17.8 Å². The average molecular weight is 597 g/mol. The Hall–Kier alpha value is -0.860. The third kappa shape index (κ3) is 8.12. The lowest BCUT2D eigenvalue weighted by Crippen LogP contribution is -2.29. The first-order valence-electron chi connectivity index (χ1n) is 14.2. The van der Waals surface area contributed by atoms with E-state index in [2.05, 4.69) is 6.92 Å². The molecule has 3 rings (SSSR count). The molecule has 0 saturated heterocycles. The molecule has 0 heterocycles. The number of aliphatic hydroxyl groups is 1. The van der Waals surface area contributed by atoms with Gasteiger partial charge in [-0.25, -0.2) is 4.39 Å². The third-order valence-corrected chi connectivity index (χ3v) is 12.8. The smallest absolute Gasteiger partial charge is 0.369 e. The van der Waals surface area contributed by atoms with Crippen molar-refractivity contribution in [2.45, 2.75) is 108 Å². The SMILES string of the molecule is CCCCCC1CCC(C2CCC(c3ccc(OCCCC(O)(P(=O)(O)O)P(=O)(O)O)c(F)c3F)CC2)CC1. The molecule has 0 amide bonds. The van der Waals surface area contributed by atoms with E-state index in [9.17, 15) is 42.6 Å². The van der Waals surface area contributed by atoms with Gasteiger partial charge in [0, 0.05) is 6.42 Å². The molecule has 8 nitrogen and oxygen atoms in total. The largest absolute Gasteiger partial charge is 0.490 e. The highest BCUT2D eigenvalue weighted by atomic mass is 31.2. The van der Waals surface area contributed by atoms with Crippen LogP contribution in [0.25, 0.3) is 0 Å². The molecule has 2 aliphatic carbocycles. The lowest BCUT2D eigenvalue weighted by molar-refractivity contribution is 0.115. The molecule has 2 fully saturated rings. The van der Waals surface area contributed by atoms with Gasteiger partial charge in [0.2, 0.25) is 5.82 Å². The lowest BCUT2D eigenvalue weighted by atomic mass is 9.68. The van der Waals surface area contributed by atoms with E-state index < -0.39 is 57.1 Å². The normalized spacial score (nSPS) is 25.0. The van der Waals surface area contributed by atoms with E-state index in [4.69, 9.17) is 4.74 Å². The fourth-order valence-electron chi connectivity index (χ4n) is 6.46.